The molecule has 0 radical (unpaired) electrons. The van der Waals surface area contributed by atoms with Crippen LogP contribution in [0.4, 0.5) is 5.69 Å². The lowest BCUT2D eigenvalue weighted by Gasteiger charge is -2.11. The number of carbonyl (C=O) groups excluding carboxylic acids is 3. The zero-order valence-corrected chi connectivity index (χ0v) is 28.2. The molecule has 0 atom stereocenters. The standard InChI is InChI=1S/C14H15NO5.C13H11NO4.C12H10O.7H2/c1-18-13(16)8-11(14(17)19-2)15-10-4-3-5-12-9(10)6-7-20-12;1-17-13(16)9-6-10(15)7-2-3-11-8(4-5-18-11)12(7)14-9;1-3-7-11(8-4-1)13-12-9-5-2-6-10-12;;;;;;;/h3-5,8,15H,6-7H2,1-2H3;2-3,6H,4-5H2,1H3,(H,14,15);1-10H;7*1H/b11-8-;;;;;;;;;. The third-order valence-electron chi connectivity index (χ3n) is 7.69. The maximum absolute atomic E-state index is 12.0. The number of methoxy groups -OCH3 is 3. The van der Waals surface area contributed by atoms with Crippen LogP contribution in [0, 0.1) is 0 Å². The topological polar surface area (TPSA) is 151 Å². The monoisotopic (exact) mass is 706 g/mol. The van der Waals surface area contributed by atoms with Crippen molar-refractivity contribution in [2.75, 3.05) is 39.9 Å². The molecule has 0 fully saturated rings. The van der Waals surface area contributed by atoms with Gasteiger partial charge in [-0.3, -0.25) is 4.79 Å². The van der Waals surface area contributed by atoms with Gasteiger partial charge in [-0.1, -0.05) is 42.5 Å². The van der Waals surface area contributed by atoms with Gasteiger partial charge in [-0.05, 0) is 48.5 Å². The number of anilines is 1. The second kappa shape index (κ2) is 17.2. The van der Waals surface area contributed by atoms with Crippen LogP contribution in [-0.4, -0.2) is 57.4 Å². The molecule has 0 amide bonds. The van der Waals surface area contributed by atoms with Crippen LogP contribution in [0.1, 0.15) is 31.6 Å². The van der Waals surface area contributed by atoms with E-state index in [1.54, 1.807) is 18.2 Å². The van der Waals surface area contributed by atoms with Gasteiger partial charge in [0, 0.05) is 51.1 Å². The largest absolute Gasteiger partial charge is 0.493 e. The van der Waals surface area contributed by atoms with Crippen molar-refractivity contribution in [3.63, 3.8) is 0 Å². The summed E-state index contributed by atoms with van der Waals surface area (Å²) in [5.41, 5.74) is 3.26. The molecule has 0 saturated carbocycles. The Morgan fingerprint density at radius 1 is 0.745 bits per heavy atom. The van der Waals surface area contributed by atoms with Crippen LogP contribution in [0.2, 0.25) is 0 Å². The van der Waals surface area contributed by atoms with Gasteiger partial charge in [-0.2, -0.15) is 0 Å². The smallest absolute Gasteiger partial charge is 0.354 e. The fourth-order valence-electron chi connectivity index (χ4n) is 5.25. The first-order chi connectivity index (χ1) is 24.8. The molecule has 1 aromatic heterocycles. The quantitative estimate of drug-likeness (QED) is 0.0973. The predicted molar refractivity (Wildman–Crippen MR) is 204 cm³/mol. The van der Waals surface area contributed by atoms with Gasteiger partial charge in [0.15, 0.2) is 5.43 Å². The maximum atomic E-state index is 12.0. The van der Waals surface area contributed by atoms with Gasteiger partial charge in [-0.25, -0.2) is 14.4 Å². The van der Waals surface area contributed by atoms with Gasteiger partial charge >= 0.3 is 17.9 Å². The molecule has 5 aromatic rings. The summed E-state index contributed by atoms with van der Waals surface area (Å²) < 4.78 is 30.2. The first kappa shape index (κ1) is 35.7. The van der Waals surface area contributed by atoms with E-state index in [4.69, 9.17) is 14.2 Å². The van der Waals surface area contributed by atoms with Crippen LogP contribution in [0.25, 0.3) is 10.9 Å². The van der Waals surface area contributed by atoms with E-state index in [1.165, 1.54) is 27.4 Å². The third-order valence-corrected chi connectivity index (χ3v) is 7.69. The summed E-state index contributed by atoms with van der Waals surface area (Å²) in [6, 6.07) is 29.7. The van der Waals surface area contributed by atoms with E-state index in [0.29, 0.717) is 29.8 Å². The average Bonchev–Trinajstić information content (AvgIpc) is 3.86. The van der Waals surface area contributed by atoms with Crippen molar-refractivity contribution in [3.05, 3.63) is 136 Å². The molecule has 2 aliphatic heterocycles. The summed E-state index contributed by atoms with van der Waals surface area (Å²) in [5.74, 6) is 1.44. The molecule has 12 nitrogen and oxygen atoms in total. The number of carbonyl (C=O) groups is 3. The summed E-state index contributed by atoms with van der Waals surface area (Å²) >= 11 is 0. The minimum absolute atomic E-state index is 0. The first-order valence-electron chi connectivity index (χ1n) is 15.9. The van der Waals surface area contributed by atoms with Crippen LogP contribution in [0.15, 0.2) is 114 Å². The van der Waals surface area contributed by atoms with Crippen LogP contribution >= 0.6 is 0 Å². The molecule has 2 N–H and O–H groups in total. The summed E-state index contributed by atoms with van der Waals surface area (Å²) in [5, 5.41) is 3.46. The maximum Gasteiger partial charge on any atom is 0.354 e. The van der Waals surface area contributed by atoms with Crippen molar-refractivity contribution in [3.8, 4) is 23.0 Å². The molecule has 2 aliphatic rings. The lowest BCUT2D eigenvalue weighted by atomic mass is 10.1. The van der Waals surface area contributed by atoms with Gasteiger partial charge in [0.2, 0.25) is 0 Å². The molecule has 0 bridgehead atoms. The highest BCUT2D eigenvalue weighted by Crippen LogP contribution is 2.32. The molecule has 51 heavy (non-hydrogen) atoms. The molecule has 12 heteroatoms. The number of benzene rings is 4. The second-order valence-electron chi connectivity index (χ2n) is 10.9. The molecule has 0 saturated heterocycles. The van der Waals surface area contributed by atoms with Crippen molar-refractivity contribution in [2.45, 2.75) is 12.8 Å². The molecule has 0 aliphatic carbocycles. The normalized spacial score (nSPS) is 12.3. The molecular formula is C39H50N2O10. The Hall–Kier alpha value is -6.56. The predicted octanol–water partition coefficient (Wildman–Crippen LogP) is 7.71. The van der Waals surface area contributed by atoms with Gasteiger partial charge in [0.05, 0.1) is 46.1 Å². The Kier molecular flexibility index (Phi) is 12.1. The summed E-state index contributed by atoms with van der Waals surface area (Å²) in [4.78, 5) is 49.4. The molecule has 0 spiro atoms. The number of hydrogen-bond acceptors (Lipinski definition) is 11. The van der Waals surface area contributed by atoms with Crippen LogP contribution in [0.3, 0.4) is 0 Å². The number of hydrogen-bond donors (Lipinski definition) is 2. The number of ether oxygens (including phenoxy) is 6. The lowest BCUT2D eigenvalue weighted by Crippen LogP contribution is -2.16. The number of rotatable bonds is 7. The van der Waals surface area contributed by atoms with E-state index in [-0.39, 0.29) is 26.8 Å². The Bertz CT molecular complexity index is 2090. The Morgan fingerprint density at radius 2 is 1.37 bits per heavy atom. The lowest BCUT2D eigenvalue weighted by molar-refractivity contribution is -0.138. The number of aromatic amines is 1. The van der Waals surface area contributed by atoms with Gasteiger partial charge in [0.25, 0.3) is 0 Å². The van der Waals surface area contributed by atoms with Crippen molar-refractivity contribution >= 4 is 34.5 Å². The molecule has 4 aromatic carbocycles. The van der Waals surface area contributed by atoms with Crippen LogP contribution in [0.5, 0.6) is 23.0 Å². The highest BCUT2D eigenvalue weighted by atomic mass is 16.5. The number of pyridine rings is 1. The number of para-hydroxylation sites is 2. The SMILES string of the molecule is COC(=O)/C=C(\Nc1cccc2c1CCO2)C(=O)OC.COC(=O)c1cc(=O)c2ccc3c(c2[nH]1)CCO3.[HH].[HH].[HH].[HH].[HH].[HH].[HH].c1ccc(Oc2ccccc2)cc1. The number of fused-ring (bicyclic) bond motifs is 4. The van der Waals surface area contributed by atoms with Crippen molar-refractivity contribution in [1.29, 1.82) is 0 Å². The summed E-state index contributed by atoms with van der Waals surface area (Å²) in [6.07, 6.45) is 2.53. The van der Waals surface area contributed by atoms with Gasteiger partial charge in [-0.15, -0.1) is 0 Å². The minimum Gasteiger partial charge on any atom is -0.493 e. The van der Waals surface area contributed by atoms with E-state index in [0.717, 1.165) is 53.0 Å². The minimum atomic E-state index is -0.646. The Balaban J connectivity index is -0.000000750. The highest BCUT2D eigenvalue weighted by molar-refractivity contribution is 5.99. The number of nitrogens with one attached hydrogen (secondary N) is 2. The fourth-order valence-corrected chi connectivity index (χ4v) is 5.25. The Labute approximate surface area is 303 Å². The zero-order valence-electron chi connectivity index (χ0n) is 28.2. The van der Waals surface area contributed by atoms with Crippen LogP contribution in [-0.2, 0) is 36.6 Å². The molecule has 3 heterocycles. The summed E-state index contributed by atoms with van der Waals surface area (Å²) in [7, 11) is 3.76. The van der Waals surface area contributed by atoms with E-state index >= 15 is 0 Å². The number of H-pyrrole nitrogens is 1. The zero-order chi connectivity index (χ0) is 36.2. The molecule has 7 rings (SSSR count). The highest BCUT2D eigenvalue weighted by Gasteiger charge is 2.20. The Morgan fingerprint density at radius 3 is 1.98 bits per heavy atom. The van der Waals surface area contributed by atoms with Gasteiger partial charge < -0.3 is 38.7 Å². The first-order valence-corrected chi connectivity index (χ1v) is 15.9. The average molecular weight is 707 g/mol. The number of aromatic nitrogens is 1. The van der Waals surface area contributed by atoms with E-state index in [2.05, 4.69) is 24.5 Å². The van der Waals surface area contributed by atoms with E-state index in [9.17, 15) is 19.2 Å². The van der Waals surface area contributed by atoms with Crippen molar-refractivity contribution in [2.24, 2.45) is 0 Å². The van der Waals surface area contributed by atoms with Crippen LogP contribution < -0.4 is 25.0 Å². The second-order valence-corrected chi connectivity index (χ2v) is 10.9. The van der Waals surface area contributed by atoms with Crippen molar-refractivity contribution in [1.82, 2.24) is 4.98 Å². The summed E-state index contributed by atoms with van der Waals surface area (Å²) in [6.45, 7) is 1.20. The fraction of sp³-hybridized carbons (Fsp3) is 0.179. The molecular weight excluding hydrogens is 656 g/mol. The van der Waals surface area contributed by atoms with Crippen molar-refractivity contribution < 1.29 is 52.8 Å². The molecule has 276 valence electrons. The van der Waals surface area contributed by atoms with E-state index in [1.807, 2.05) is 72.8 Å². The van der Waals surface area contributed by atoms with E-state index < -0.39 is 17.9 Å². The third kappa shape index (κ3) is 9.12. The number of esters is 3. The molecule has 0 unspecified atom stereocenters. The van der Waals surface area contributed by atoms with Gasteiger partial charge in [0.1, 0.15) is 34.4 Å².